The molecule has 0 unspecified atom stereocenters. The summed E-state index contributed by atoms with van der Waals surface area (Å²) in [5.41, 5.74) is 6.00. The molecule has 1 heterocycles. The molecular formula is C45H82CrO9Si3. The first-order chi connectivity index (χ1) is 26.5. The van der Waals surface area contributed by atoms with Gasteiger partial charge in [-0.05, 0) is 62.7 Å². The predicted octanol–water partition coefficient (Wildman–Crippen LogP) is 13.2. The Morgan fingerprint density at radius 3 is 1.19 bits per heavy atom. The molecule has 1 aliphatic rings. The Labute approximate surface area is 369 Å². The van der Waals surface area contributed by atoms with Crippen LogP contribution in [0, 0.1) is 20.0 Å². The molecule has 334 valence electrons. The van der Waals surface area contributed by atoms with Crippen molar-refractivity contribution in [3.8, 4) is 17.2 Å². The predicted molar refractivity (Wildman–Crippen MR) is 237 cm³/mol. The third-order valence-corrected chi connectivity index (χ3v) is 31.3. The molecule has 0 saturated heterocycles. The molecule has 0 aliphatic carbocycles. The first-order valence-electron chi connectivity index (χ1n) is 21.2. The second-order valence-electron chi connectivity index (χ2n) is 18.3. The van der Waals surface area contributed by atoms with Gasteiger partial charge in [0, 0.05) is 28.5 Å². The van der Waals surface area contributed by atoms with E-state index in [0.717, 1.165) is 17.5 Å². The van der Waals surface area contributed by atoms with Crippen molar-refractivity contribution < 1.29 is 59.2 Å². The first kappa shape index (κ1) is 61.2. The van der Waals surface area contributed by atoms with E-state index in [4.69, 9.17) is 36.7 Å². The van der Waals surface area contributed by atoms with Gasteiger partial charge in [-0.25, -0.2) is 0 Å². The maximum atomic E-state index is 12.5. The Hall–Kier alpha value is -1.10. The standard InChI is InChI=1S/C42H82O6Si3.3CO.Cr/c1-22-34-35(23-2)39(44-21)41-37(38(34)43)42(48-51(31(15)16,32(17)18)33(19)20)40(47-50(28(9)10,29(11)12)30(13)14)36(46-41)24-45-49(25(3)4,26(5)6)27(7)8;3*1-2;/h25-33,36,40,42-43H,22-24H2,1-21H3;;;;/t36-,40-,42-;;;;/m1..../s1. The molecule has 3 atom stereocenters. The molecule has 1 aromatic carbocycles. The van der Waals surface area contributed by atoms with Gasteiger partial charge in [0.1, 0.15) is 24.1 Å². The molecule has 1 aromatic rings. The van der Waals surface area contributed by atoms with Crippen LogP contribution in [-0.4, -0.2) is 56.0 Å². The molecule has 0 spiro atoms. The number of ether oxygens (including phenoxy) is 2. The third kappa shape index (κ3) is 12.1. The van der Waals surface area contributed by atoms with Crippen molar-refractivity contribution in [1.29, 1.82) is 0 Å². The van der Waals surface area contributed by atoms with Crippen molar-refractivity contribution in [1.82, 2.24) is 0 Å². The molecule has 0 aromatic heterocycles. The van der Waals surface area contributed by atoms with Crippen LogP contribution in [0.2, 0.25) is 49.9 Å². The maximum absolute atomic E-state index is 12.5. The van der Waals surface area contributed by atoms with Crippen molar-refractivity contribution in [3.05, 3.63) is 36.6 Å². The minimum atomic E-state index is -2.53. The number of fused-ring (bicyclic) bond motifs is 1. The average molecular weight is 903 g/mol. The van der Waals surface area contributed by atoms with Crippen LogP contribution in [0.25, 0.3) is 0 Å². The first-order valence-corrected chi connectivity index (χ1v) is 27.7. The second-order valence-corrected chi connectivity index (χ2v) is 34.6. The minimum Gasteiger partial charge on any atom is 0 e. The van der Waals surface area contributed by atoms with Gasteiger partial charge in [0.05, 0.1) is 19.3 Å². The van der Waals surface area contributed by atoms with Gasteiger partial charge in [0.2, 0.25) is 25.0 Å². The van der Waals surface area contributed by atoms with E-state index in [2.05, 4.69) is 158 Å². The quantitative estimate of drug-likeness (QED) is 0.0837. The summed E-state index contributed by atoms with van der Waals surface area (Å²) in [6.45, 7) is 60.3. The number of methoxy groups -OCH3 is 1. The van der Waals surface area contributed by atoms with Gasteiger partial charge in [-0.3, -0.25) is 0 Å². The van der Waals surface area contributed by atoms with Crippen LogP contribution in [0.3, 0.4) is 0 Å². The minimum absolute atomic E-state index is 0. The molecule has 58 heavy (non-hydrogen) atoms. The third-order valence-electron chi connectivity index (χ3n) is 13.1. The Balaban J connectivity index is -0.00000412. The fourth-order valence-corrected chi connectivity index (χ4v) is 27.7. The van der Waals surface area contributed by atoms with Crippen molar-refractivity contribution in [2.75, 3.05) is 13.7 Å². The molecule has 0 amide bonds. The largest absolute Gasteiger partial charge is 0 e. The second kappa shape index (κ2) is 27.1. The average Bonchev–Trinajstić information content (AvgIpc) is 3.14. The van der Waals surface area contributed by atoms with E-state index in [1.165, 1.54) is 0 Å². The zero-order chi connectivity index (χ0) is 45.5. The molecule has 1 aliphatic heterocycles. The van der Waals surface area contributed by atoms with Crippen LogP contribution in [-0.2, 0) is 57.4 Å². The van der Waals surface area contributed by atoms with Crippen molar-refractivity contribution in [3.63, 3.8) is 0 Å². The summed E-state index contributed by atoms with van der Waals surface area (Å²) in [7, 11) is -5.58. The van der Waals surface area contributed by atoms with Gasteiger partial charge < -0.3 is 27.9 Å². The number of hydrogen-bond donors (Lipinski definition) is 1. The molecular weight excluding hydrogens is 821 g/mol. The summed E-state index contributed by atoms with van der Waals surface area (Å²) < 4.78 is 59.3. The fourth-order valence-electron chi connectivity index (χ4n) is 11.1. The normalized spacial score (nSPS) is 17.0. The van der Waals surface area contributed by atoms with Crippen LogP contribution in [0.5, 0.6) is 17.2 Å². The van der Waals surface area contributed by atoms with Gasteiger partial charge in [0.25, 0.3) is 0 Å². The van der Waals surface area contributed by atoms with Gasteiger partial charge in [-0.2, -0.15) is 0 Å². The molecule has 2 rings (SSSR count). The van der Waals surface area contributed by atoms with Crippen molar-refractivity contribution in [2.45, 2.75) is 219 Å². The number of phenolic OH excluding ortho intramolecular Hbond substituents is 1. The summed E-state index contributed by atoms with van der Waals surface area (Å²) >= 11 is 0. The number of hydrogen-bond acceptors (Lipinski definition) is 6. The summed E-state index contributed by atoms with van der Waals surface area (Å²) in [6, 6.07) is 0. The number of phenols is 1. The maximum Gasteiger partial charge on any atom is 0 e. The van der Waals surface area contributed by atoms with Gasteiger partial charge in [-0.1, -0.05) is 138 Å². The molecule has 0 radical (unpaired) electrons. The summed E-state index contributed by atoms with van der Waals surface area (Å²) in [4.78, 5) is 0. The Morgan fingerprint density at radius 2 is 0.897 bits per heavy atom. The molecule has 0 bridgehead atoms. The summed E-state index contributed by atoms with van der Waals surface area (Å²) in [5.74, 6) is 1.60. The van der Waals surface area contributed by atoms with E-state index in [1.54, 1.807) is 7.11 Å². The van der Waals surface area contributed by atoms with E-state index in [1.807, 2.05) is 0 Å². The van der Waals surface area contributed by atoms with Gasteiger partial charge in [-0.15, -0.1) is 0 Å². The van der Waals surface area contributed by atoms with Crippen LogP contribution >= 0.6 is 0 Å². The van der Waals surface area contributed by atoms with E-state index in [0.29, 0.717) is 80.0 Å². The van der Waals surface area contributed by atoms with Gasteiger partial charge in [0.15, 0.2) is 11.5 Å². The number of benzene rings is 1. The SMILES string of the molecule is CCc1c(O)c2c(c(OC)c1CC)O[C@H](CO[Si](C(C)C)(C(C)C)C(C)C)[C@@H](O[Si](C(C)C)(C(C)C)C(C)C)[C@@H]2O[Si](C(C)C)(C(C)C)C(C)C.[C-]#[O+].[C-]#[O+].[C-]#[O+].[Cr]. The van der Waals surface area contributed by atoms with E-state index < -0.39 is 43.3 Å². The van der Waals surface area contributed by atoms with E-state index in [9.17, 15) is 5.11 Å². The molecule has 0 fully saturated rings. The van der Waals surface area contributed by atoms with Crippen LogP contribution < -0.4 is 9.47 Å². The van der Waals surface area contributed by atoms with Crippen LogP contribution in [0.1, 0.15) is 161 Å². The molecule has 13 heteroatoms. The van der Waals surface area contributed by atoms with E-state index >= 15 is 0 Å². The van der Waals surface area contributed by atoms with Crippen molar-refractivity contribution in [2.24, 2.45) is 0 Å². The summed E-state index contributed by atoms with van der Waals surface area (Å²) in [5, 5.41) is 12.5. The zero-order valence-corrected chi connectivity index (χ0v) is 44.4. The fraction of sp³-hybridized carbons (Fsp3) is 0.800. The topological polar surface area (TPSA) is 126 Å². The molecule has 9 nitrogen and oxygen atoms in total. The van der Waals surface area contributed by atoms with Crippen LogP contribution in [0.15, 0.2) is 0 Å². The smallest absolute Gasteiger partial charge is 0 e. The van der Waals surface area contributed by atoms with Gasteiger partial charge >= 0.3 is 33.9 Å². The molecule has 0 saturated carbocycles. The Bertz CT molecular complexity index is 1320. The van der Waals surface area contributed by atoms with Crippen molar-refractivity contribution >= 4 is 25.0 Å². The zero-order valence-electron chi connectivity index (χ0n) is 40.2. The summed E-state index contributed by atoms with van der Waals surface area (Å²) in [6.07, 6.45) is -0.0519. The van der Waals surface area contributed by atoms with E-state index in [-0.39, 0.29) is 23.1 Å². The molecule has 1 N–H and O–H groups in total. The Morgan fingerprint density at radius 1 is 0.569 bits per heavy atom. The number of aromatic hydroxyl groups is 1. The number of rotatable bonds is 19. The monoisotopic (exact) mass is 902 g/mol. The Kier molecular flexibility index (Phi) is 28.6. The van der Waals surface area contributed by atoms with Crippen LogP contribution in [0.4, 0.5) is 0 Å².